The van der Waals surface area contributed by atoms with Crippen LogP contribution >= 0.6 is 11.6 Å². The first-order valence-electron chi connectivity index (χ1n) is 9.29. The minimum absolute atomic E-state index is 0.0662. The van der Waals surface area contributed by atoms with E-state index in [9.17, 15) is 18.0 Å². The van der Waals surface area contributed by atoms with Crippen molar-refractivity contribution in [2.75, 3.05) is 19.6 Å². The molecule has 1 aromatic carbocycles. The molecule has 1 fully saturated rings. The summed E-state index contributed by atoms with van der Waals surface area (Å²) in [6, 6.07) is 8.36. The van der Waals surface area contributed by atoms with Crippen molar-refractivity contribution in [3.05, 3.63) is 58.9 Å². The van der Waals surface area contributed by atoms with Gasteiger partial charge in [0.25, 0.3) is 0 Å². The van der Waals surface area contributed by atoms with Gasteiger partial charge in [-0.15, -0.1) is 0 Å². The summed E-state index contributed by atoms with van der Waals surface area (Å²) in [4.78, 5) is 21.9. The van der Waals surface area contributed by atoms with E-state index in [0.29, 0.717) is 42.2 Å². The van der Waals surface area contributed by atoms with Crippen molar-refractivity contribution in [2.24, 2.45) is 4.99 Å². The second kappa shape index (κ2) is 8.10. The standard InChI is InChI=1S/C21H17ClF3N3O2/c22-20-17(10-26-11-18(20)29)28-8-6-16(12-28)30-19-9-14(5-7-27-19)13-1-3-15(4-2-13)21(23,24)25/h1-5,7,9-10,16H,6,8,11-12H2/t16-/m1/s1. The largest absolute Gasteiger partial charge is 0.472 e. The number of halogens is 4. The van der Waals surface area contributed by atoms with Crippen LogP contribution in [0.2, 0.25) is 0 Å². The molecule has 2 aliphatic rings. The van der Waals surface area contributed by atoms with Gasteiger partial charge in [-0.05, 0) is 29.3 Å². The van der Waals surface area contributed by atoms with E-state index in [-0.39, 0.29) is 23.5 Å². The number of dihydropyridines is 1. The second-order valence-electron chi connectivity index (χ2n) is 7.02. The molecule has 30 heavy (non-hydrogen) atoms. The van der Waals surface area contributed by atoms with Gasteiger partial charge < -0.3 is 9.64 Å². The van der Waals surface area contributed by atoms with Crippen LogP contribution < -0.4 is 4.74 Å². The predicted octanol–water partition coefficient (Wildman–Crippen LogP) is 4.32. The lowest BCUT2D eigenvalue weighted by Crippen LogP contribution is -2.28. The number of carbonyl (C=O) groups excluding carboxylic acids is 1. The first-order valence-corrected chi connectivity index (χ1v) is 9.67. The number of pyridine rings is 1. The number of alkyl halides is 3. The molecule has 0 radical (unpaired) electrons. The van der Waals surface area contributed by atoms with Gasteiger partial charge in [-0.1, -0.05) is 23.7 Å². The van der Waals surface area contributed by atoms with Crippen LogP contribution in [-0.4, -0.2) is 47.6 Å². The zero-order valence-electron chi connectivity index (χ0n) is 15.7. The maximum absolute atomic E-state index is 12.8. The highest BCUT2D eigenvalue weighted by atomic mass is 35.5. The van der Waals surface area contributed by atoms with Gasteiger partial charge >= 0.3 is 6.18 Å². The maximum Gasteiger partial charge on any atom is 0.416 e. The number of aromatic nitrogens is 1. The molecule has 3 heterocycles. The average Bonchev–Trinajstić information content (AvgIpc) is 3.18. The Morgan fingerprint density at radius 3 is 2.63 bits per heavy atom. The highest BCUT2D eigenvalue weighted by Gasteiger charge is 2.30. The van der Waals surface area contributed by atoms with E-state index in [1.165, 1.54) is 12.1 Å². The smallest absolute Gasteiger partial charge is 0.416 e. The highest BCUT2D eigenvalue weighted by molar-refractivity contribution is 6.44. The van der Waals surface area contributed by atoms with Crippen LogP contribution in [0.3, 0.4) is 0 Å². The molecule has 0 spiro atoms. The Labute approximate surface area is 175 Å². The van der Waals surface area contributed by atoms with Crippen molar-refractivity contribution < 1.29 is 22.7 Å². The fraction of sp³-hybridized carbons (Fsp3) is 0.286. The van der Waals surface area contributed by atoms with E-state index in [2.05, 4.69) is 9.98 Å². The van der Waals surface area contributed by atoms with Crippen molar-refractivity contribution in [3.63, 3.8) is 0 Å². The van der Waals surface area contributed by atoms with E-state index >= 15 is 0 Å². The quantitative estimate of drug-likeness (QED) is 0.717. The number of ether oxygens (including phenoxy) is 1. The van der Waals surface area contributed by atoms with Crippen LogP contribution in [0.15, 0.2) is 58.3 Å². The van der Waals surface area contributed by atoms with Crippen molar-refractivity contribution in [3.8, 4) is 17.0 Å². The molecular formula is C21H17ClF3N3O2. The number of benzene rings is 1. The summed E-state index contributed by atoms with van der Waals surface area (Å²) in [5, 5.41) is 0.188. The van der Waals surface area contributed by atoms with Crippen LogP contribution in [0.5, 0.6) is 5.88 Å². The first-order chi connectivity index (χ1) is 14.3. The number of Topliss-reactive ketones (excluding diaryl/α,β-unsaturated/α-hetero) is 1. The molecule has 1 saturated heterocycles. The molecule has 0 amide bonds. The van der Waals surface area contributed by atoms with Gasteiger partial charge in [-0.25, -0.2) is 4.98 Å². The van der Waals surface area contributed by atoms with Crippen molar-refractivity contribution in [1.29, 1.82) is 0 Å². The second-order valence-corrected chi connectivity index (χ2v) is 7.40. The third-order valence-electron chi connectivity index (χ3n) is 4.97. The van der Waals surface area contributed by atoms with E-state index in [4.69, 9.17) is 16.3 Å². The summed E-state index contributed by atoms with van der Waals surface area (Å²) in [5.74, 6) is 0.178. The minimum Gasteiger partial charge on any atom is -0.472 e. The lowest BCUT2D eigenvalue weighted by atomic mass is 10.0. The molecule has 5 nitrogen and oxygen atoms in total. The molecule has 2 aliphatic heterocycles. The van der Waals surface area contributed by atoms with E-state index in [0.717, 1.165) is 12.1 Å². The monoisotopic (exact) mass is 435 g/mol. The Morgan fingerprint density at radius 1 is 1.13 bits per heavy atom. The zero-order valence-corrected chi connectivity index (χ0v) is 16.5. The topological polar surface area (TPSA) is 54.8 Å². The Bertz CT molecular complexity index is 1020. The predicted molar refractivity (Wildman–Crippen MR) is 107 cm³/mol. The number of aliphatic imine (C=N–C) groups is 1. The third kappa shape index (κ3) is 4.33. The summed E-state index contributed by atoms with van der Waals surface area (Å²) in [7, 11) is 0. The molecule has 1 atom stereocenters. The van der Waals surface area contributed by atoms with Crippen LogP contribution in [0.1, 0.15) is 12.0 Å². The van der Waals surface area contributed by atoms with Crippen LogP contribution in [0, 0.1) is 0 Å². The lowest BCUT2D eigenvalue weighted by Gasteiger charge is -2.22. The molecule has 4 rings (SSSR count). The molecule has 2 aromatic rings. The van der Waals surface area contributed by atoms with Gasteiger partial charge in [0.15, 0.2) is 5.78 Å². The van der Waals surface area contributed by atoms with Gasteiger partial charge in [0, 0.05) is 31.4 Å². The zero-order chi connectivity index (χ0) is 21.3. The normalized spacial score (nSPS) is 19.5. The van der Waals surface area contributed by atoms with Crippen LogP contribution in [-0.2, 0) is 11.0 Å². The number of carbonyl (C=O) groups is 1. The molecular weight excluding hydrogens is 419 g/mol. The van der Waals surface area contributed by atoms with Crippen LogP contribution in [0.25, 0.3) is 11.1 Å². The number of likely N-dealkylation sites (tertiary alicyclic amines) is 1. The van der Waals surface area contributed by atoms with Gasteiger partial charge in [-0.2, -0.15) is 13.2 Å². The number of hydrogen-bond donors (Lipinski definition) is 0. The molecule has 9 heteroatoms. The maximum atomic E-state index is 12.8. The summed E-state index contributed by atoms with van der Waals surface area (Å²) in [6.45, 7) is 1.25. The Morgan fingerprint density at radius 2 is 1.90 bits per heavy atom. The number of hydrogen-bond acceptors (Lipinski definition) is 5. The van der Waals surface area contributed by atoms with Crippen LogP contribution in [0.4, 0.5) is 13.2 Å². The fourth-order valence-electron chi connectivity index (χ4n) is 3.42. The van der Waals surface area contributed by atoms with Crippen molar-refractivity contribution >= 4 is 23.6 Å². The summed E-state index contributed by atoms with van der Waals surface area (Å²) >= 11 is 6.12. The summed E-state index contributed by atoms with van der Waals surface area (Å²) < 4.78 is 44.2. The molecule has 0 N–H and O–H groups in total. The molecule has 0 unspecified atom stereocenters. The third-order valence-corrected chi connectivity index (χ3v) is 5.38. The molecule has 156 valence electrons. The molecule has 0 saturated carbocycles. The van der Waals surface area contributed by atoms with Gasteiger partial charge in [-0.3, -0.25) is 9.79 Å². The number of nitrogens with zero attached hydrogens (tertiary/aromatic N) is 3. The number of ketones is 1. The Balaban J connectivity index is 1.45. The van der Waals surface area contributed by atoms with Gasteiger partial charge in [0.2, 0.25) is 5.88 Å². The molecule has 0 bridgehead atoms. The molecule has 1 aromatic heterocycles. The van der Waals surface area contributed by atoms with E-state index < -0.39 is 11.7 Å². The van der Waals surface area contributed by atoms with Crippen molar-refractivity contribution in [1.82, 2.24) is 9.88 Å². The Hall–Kier alpha value is -2.87. The fourth-order valence-corrected chi connectivity index (χ4v) is 3.65. The average molecular weight is 436 g/mol. The van der Waals surface area contributed by atoms with E-state index in [1.807, 2.05) is 4.90 Å². The summed E-state index contributed by atoms with van der Waals surface area (Å²) in [5.41, 5.74) is 1.25. The number of allylic oxidation sites excluding steroid dienone is 1. The lowest BCUT2D eigenvalue weighted by molar-refractivity contribution is -0.137. The van der Waals surface area contributed by atoms with Gasteiger partial charge in [0.05, 0.1) is 17.8 Å². The molecule has 0 aliphatic carbocycles. The number of rotatable bonds is 4. The minimum atomic E-state index is -4.37. The van der Waals surface area contributed by atoms with E-state index in [1.54, 1.807) is 24.5 Å². The highest BCUT2D eigenvalue weighted by Crippen LogP contribution is 2.32. The first kappa shape index (κ1) is 20.4. The van der Waals surface area contributed by atoms with Gasteiger partial charge in [0.1, 0.15) is 17.7 Å². The SMILES string of the molecule is O=C1CN=CC(N2CC[C@@H](Oc3cc(-c4ccc(C(F)(F)F)cc4)ccn3)C2)=C1Cl. The Kier molecular flexibility index (Phi) is 5.51. The van der Waals surface area contributed by atoms with Crippen molar-refractivity contribution in [2.45, 2.75) is 18.7 Å². The summed E-state index contributed by atoms with van der Waals surface area (Å²) in [6.07, 6.45) is -0.660.